The molecule has 0 saturated carbocycles. The van der Waals surface area contributed by atoms with Gasteiger partial charge in [0.15, 0.2) is 5.13 Å². The van der Waals surface area contributed by atoms with E-state index in [4.69, 9.17) is 4.74 Å². The number of nitrogens with zero attached hydrogens (tertiary/aromatic N) is 2. The van der Waals surface area contributed by atoms with Crippen molar-refractivity contribution in [2.24, 2.45) is 0 Å². The number of nitro benzene ring substituents is 1. The van der Waals surface area contributed by atoms with Crippen molar-refractivity contribution >= 4 is 45.1 Å². The molecule has 5 aromatic rings. The Kier molecular flexibility index (Phi) is 7.09. The number of carbonyl (C=O) groups is 2. The van der Waals surface area contributed by atoms with Gasteiger partial charge in [-0.1, -0.05) is 36.4 Å². The molecule has 0 spiro atoms. The number of thiazole rings is 1. The van der Waals surface area contributed by atoms with Crippen molar-refractivity contribution in [3.8, 4) is 17.0 Å². The number of anilines is 1. The molecule has 0 bridgehead atoms. The van der Waals surface area contributed by atoms with Crippen molar-refractivity contribution in [3.05, 3.63) is 106 Å². The molecule has 0 aliphatic carbocycles. The average molecular weight is 528 g/mol. The molecule has 0 saturated heterocycles. The number of nitrogens with one attached hydrogen (secondary N) is 3. The van der Waals surface area contributed by atoms with Crippen LogP contribution in [0.5, 0.6) is 5.75 Å². The molecule has 11 heteroatoms. The Morgan fingerprint density at radius 3 is 2.53 bits per heavy atom. The van der Waals surface area contributed by atoms with Gasteiger partial charge in [0, 0.05) is 46.6 Å². The van der Waals surface area contributed by atoms with E-state index in [1.54, 1.807) is 47.8 Å². The molecule has 190 valence electrons. The topological polar surface area (TPSA) is 139 Å². The molecule has 3 aromatic carbocycles. The third kappa shape index (κ3) is 5.68. The van der Waals surface area contributed by atoms with Crippen LogP contribution in [0.1, 0.15) is 5.56 Å². The zero-order valence-electron chi connectivity index (χ0n) is 19.8. The van der Waals surface area contributed by atoms with E-state index in [1.165, 1.54) is 23.5 Å². The normalized spacial score (nSPS) is 11.6. The van der Waals surface area contributed by atoms with Gasteiger partial charge in [0.1, 0.15) is 11.8 Å². The van der Waals surface area contributed by atoms with Crippen LogP contribution in [-0.4, -0.2) is 32.9 Å². The molecule has 0 aliphatic rings. The largest absolute Gasteiger partial charge is 0.413 e. The van der Waals surface area contributed by atoms with E-state index in [0.29, 0.717) is 22.1 Å². The number of benzene rings is 3. The van der Waals surface area contributed by atoms with Crippen molar-refractivity contribution < 1.29 is 19.2 Å². The smallest absolute Gasteiger partial charge is 0.410 e. The van der Waals surface area contributed by atoms with Gasteiger partial charge >= 0.3 is 6.09 Å². The molecular weight excluding hydrogens is 506 g/mol. The minimum Gasteiger partial charge on any atom is -0.410 e. The molecule has 0 fully saturated rings. The van der Waals surface area contributed by atoms with E-state index in [2.05, 4.69) is 20.6 Å². The summed E-state index contributed by atoms with van der Waals surface area (Å²) in [7, 11) is 0. The number of nitro groups is 1. The molecule has 0 aliphatic heterocycles. The summed E-state index contributed by atoms with van der Waals surface area (Å²) in [4.78, 5) is 44.0. The van der Waals surface area contributed by atoms with E-state index in [0.717, 1.165) is 16.5 Å². The highest BCUT2D eigenvalue weighted by Gasteiger charge is 2.25. The Morgan fingerprint density at radius 1 is 1.03 bits per heavy atom. The fourth-order valence-electron chi connectivity index (χ4n) is 3.91. The van der Waals surface area contributed by atoms with Crippen LogP contribution in [0, 0.1) is 10.1 Å². The van der Waals surface area contributed by atoms with Crippen molar-refractivity contribution in [2.45, 2.75) is 12.5 Å². The van der Waals surface area contributed by atoms with Crippen molar-refractivity contribution in [3.63, 3.8) is 0 Å². The number of ether oxygens (including phenoxy) is 1. The van der Waals surface area contributed by atoms with Crippen LogP contribution in [-0.2, 0) is 11.2 Å². The minimum absolute atomic E-state index is 0.0221. The molecule has 2 aromatic heterocycles. The van der Waals surface area contributed by atoms with Gasteiger partial charge in [-0.25, -0.2) is 9.78 Å². The highest BCUT2D eigenvalue weighted by molar-refractivity contribution is 7.14. The van der Waals surface area contributed by atoms with Gasteiger partial charge in [0.05, 0.1) is 10.6 Å². The number of aromatic nitrogens is 2. The van der Waals surface area contributed by atoms with E-state index in [1.807, 2.05) is 30.5 Å². The highest BCUT2D eigenvalue weighted by Crippen LogP contribution is 2.27. The molecule has 38 heavy (non-hydrogen) atoms. The second-order valence-corrected chi connectivity index (χ2v) is 9.15. The first kappa shape index (κ1) is 24.7. The summed E-state index contributed by atoms with van der Waals surface area (Å²) in [5.74, 6) is -0.117. The van der Waals surface area contributed by atoms with Gasteiger partial charge in [-0.15, -0.1) is 11.3 Å². The summed E-state index contributed by atoms with van der Waals surface area (Å²) in [5, 5.41) is 19.4. The number of fused-ring (bicyclic) bond motifs is 1. The maximum absolute atomic E-state index is 13.3. The number of hydrogen-bond donors (Lipinski definition) is 3. The number of non-ortho nitro benzene ring substituents is 1. The monoisotopic (exact) mass is 527 g/mol. The Bertz CT molecular complexity index is 1600. The lowest BCUT2D eigenvalue weighted by atomic mass is 10.0. The van der Waals surface area contributed by atoms with Crippen LogP contribution in [0.15, 0.2) is 90.4 Å². The Labute approximate surface area is 220 Å². The summed E-state index contributed by atoms with van der Waals surface area (Å²) in [5.41, 5.74) is 2.98. The summed E-state index contributed by atoms with van der Waals surface area (Å²) < 4.78 is 5.34. The lowest BCUT2D eigenvalue weighted by molar-refractivity contribution is -0.384. The molecule has 2 amide bonds. The third-order valence-electron chi connectivity index (χ3n) is 5.77. The first-order valence-electron chi connectivity index (χ1n) is 11.6. The van der Waals surface area contributed by atoms with Gasteiger partial charge in [-0.05, 0) is 35.9 Å². The number of amides is 2. The number of aromatic amines is 1. The van der Waals surface area contributed by atoms with E-state index < -0.39 is 23.0 Å². The minimum atomic E-state index is -0.961. The van der Waals surface area contributed by atoms with Crippen molar-refractivity contribution in [1.82, 2.24) is 15.3 Å². The van der Waals surface area contributed by atoms with Gasteiger partial charge < -0.3 is 20.4 Å². The number of carbonyl (C=O) groups excluding carboxylic acids is 2. The molecule has 3 N–H and O–H groups in total. The first-order valence-corrected chi connectivity index (χ1v) is 12.4. The zero-order valence-corrected chi connectivity index (χ0v) is 20.6. The fourth-order valence-corrected chi connectivity index (χ4v) is 4.63. The van der Waals surface area contributed by atoms with Crippen molar-refractivity contribution in [2.75, 3.05) is 5.32 Å². The molecule has 10 nitrogen and oxygen atoms in total. The number of hydrogen-bond acceptors (Lipinski definition) is 7. The molecule has 1 unspecified atom stereocenters. The number of para-hydroxylation sites is 2. The maximum atomic E-state index is 13.3. The van der Waals surface area contributed by atoms with Crippen LogP contribution in [0.25, 0.3) is 22.2 Å². The molecule has 0 radical (unpaired) electrons. The molecule has 2 heterocycles. The van der Waals surface area contributed by atoms with E-state index in [-0.39, 0.29) is 12.1 Å². The SMILES string of the molecule is O=C(NC(Cc1c[nH]c2ccccc12)C(=O)Nc1nc(-c2ccc([N+](=O)[O-])cc2)cs1)Oc1ccccc1. The van der Waals surface area contributed by atoms with Crippen LogP contribution < -0.4 is 15.4 Å². The second-order valence-electron chi connectivity index (χ2n) is 8.29. The van der Waals surface area contributed by atoms with Crippen LogP contribution >= 0.6 is 11.3 Å². The Morgan fingerprint density at radius 2 is 1.76 bits per heavy atom. The quantitative estimate of drug-likeness (QED) is 0.179. The van der Waals surface area contributed by atoms with Crippen LogP contribution in [0.2, 0.25) is 0 Å². The summed E-state index contributed by atoms with van der Waals surface area (Å²) in [6.07, 6.45) is 1.26. The van der Waals surface area contributed by atoms with E-state index >= 15 is 0 Å². The summed E-state index contributed by atoms with van der Waals surface area (Å²) in [6.45, 7) is 0. The Hall–Kier alpha value is -5.03. The molecular formula is C27H21N5O5S. The van der Waals surface area contributed by atoms with Gasteiger partial charge in [0.2, 0.25) is 5.91 Å². The lowest BCUT2D eigenvalue weighted by Crippen LogP contribution is -2.46. The van der Waals surface area contributed by atoms with Gasteiger partial charge in [0.25, 0.3) is 5.69 Å². The molecule has 1 atom stereocenters. The highest BCUT2D eigenvalue weighted by atomic mass is 32.1. The maximum Gasteiger partial charge on any atom is 0.413 e. The van der Waals surface area contributed by atoms with Crippen LogP contribution in [0.3, 0.4) is 0 Å². The van der Waals surface area contributed by atoms with E-state index in [9.17, 15) is 19.7 Å². The number of H-pyrrole nitrogens is 1. The first-order chi connectivity index (χ1) is 18.5. The fraction of sp³-hybridized carbons (Fsp3) is 0.0741. The number of rotatable bonds is 8. The van der Waals surface area contributed by atoms with Gasteiger partial charge in [-0.2, -0.15) is 0 Å². The zero-order chi connectivity index (χ0) is 26.5. The van der Waals surface area contributed by atoms with Crippen molar-refractivity contribution in [1.29, 1.82) is 0 Å². The standard InChI is InChI=1S/C27H21N5O5S/c33-25(31-26-29-24(16-38-26)17-10-12-19(13-11-17)32(35)36)23(30-27(34)37-20-6-2-1-3-7-20)14-18-15-28-22-9-5-4-8-21(18)22/h1-13,15-16,23,28H,14H2,(H,30,34)(H,29,31,33). The van der Waals surface area contributed by atoms with Gasteiger partial charge in [-0.3, -0.25) is 14.9 Å². The summed E-state index contributed by atoms with van der Waals surface area (Å²) in [6, 6.07) is 21.3. The average Bonchev–Trinajstić information content (AvgIpc) is 3.56. The second kappa shape index (κ2) is 10.9. The molecule has 5 rings (SSSR count). The lowest BCUT2D eigenvalue weighted by Gasteiger charge is -2.17. The van der Waals surface area contributed by atoms with Crippen LogP contribution in [0.4, 0.5) is 15.6 Å². The third-order valence-corrected chi connectivity index (χ3v) is 6.53. The predicted octanol–water partition coefficient (Wildman–Crippen LogP) is 5.54. The Balaban J connectivity index is 1.34. The predicted molar refractivity (Wildman–Crippen MR) is 144 cm³/mol. The summed E-state index contributed by atoms with van der Waals surface area (Å²) >= 11 is 1.21.